The smallest absolute Gasteiger partial charge is 0.200 e. The SMILES string of the molecule is CC(C)(C)[C@H]1CCN(c2ccc3nnnn3n2)C[C@@H]1O. The van der Waals surface area contributed by atoms with E-state index in [2.05, 4.69) is 46.3 Å². The number of hydrogen-bond donors (Lipinski definition) is 1. The molecule has 0 amide bonds. The Kier molecular flexibility index (Phi) is 3.08. The molecular weight excluding hydrogens is 256 g/mol. The summed E-state index contributed by atoms with van der Waals surface area (Å²) >= 11 is 0. The minimum Gasteiger partial charge on any atom is -0.391 e. The van der Waals surface area contributed by atoms with Crippen molar-refractivity contribution in [3.8, 4) is 0 Å². The summed E-state index contributed by atoms with van der Waals surface area (Å²) in [7, 11) is 0. The standard InChI is InChI=1S/C13H20N6O/c1-13(2,3)9-6-7-18(8-10(9)20)12-5-4-11-14-16-17-19(11)15-12/h4-5,9-10,20H,6-8H2,1-3H3/t9-,10-/m0/s1. The lowest BCUT2D eigenvalue weighted by atomic mass is 9.74. The molecule has 0 aromatic carbocycles. The van der Waals surface area contributed by atoms with Crippen molar-refractivity contribution in [1.82, 2.24) is 25.3 Å². The van der Waals surface area contributed by atoms with Crippen molar-refractivity contribution in [2.24, 2.45) is 11.3 Å². The Hall–Kier alpha value is -1.76. The van der Waals surface area contributed by atoms with Gasteiger partial charge in [-0.05, 0) is 40.3 Å². The fourth-order valence-corrected chi connectivity index (χ4v) is 2.96. The highest BCUT2D eigenvalue weighted by atomic mass is 16.3. The van der Waals surface area contributed by atoms with Crippen LogP contribution in [-0.2, 0) is 0 Å². The van der Waals surface area contributed by atoms with E-state index in [1.54, 1.807) is 0 Å². The molecule has 108 valence electrons. The molecule has 0 bridgehead atoms. The van der Waals surface area contributed by atoms with E-state index < -0.39 is 0 Å². The molecule has 1 N–H and O–H groups in total. The molecule has 1 fully saturated rings. The van der Waals surface area contributed by atoms with Crippen LogP contribution in [0.3, 0.4) is 0 Å². The van der Waals surface area contributed by atoms with Crippen LogP contribution in [0, 0.1) is 11.3 Å². The van der Waals surface area contributed by atoms with Crippen LogP contribution in [0.25, 0.3) is 5.65 Å². The van der Waals surface area contributed by atoms with Crippen LogP contribution >= 0.6 is 0 Å². The molecule has 1 saturated heterocycles. The molecule has 3 heterocycles. The minimum atomic E-state index is -0.338. The van der Waals surface area contributed by atoms with Gasteiger partial charge in [0.2, 0.25) is 0 Å². The number of hydrogen-bond acceptors (Lipinski definition) is 6. The summed E-state index contributed by atoms with van der Waals surface area (Å²) in [6.07, 6.45) is 0.620. The Labute approximate surface area is 117 Å². The van der Waals surface area contributed by atoms with E-state index in [-0.39, 0.29) is 11.5 Å². The van der Waals surface area contributed by atoms with Gasteiger partial charge in [-0.2, -0.15) is 0 Å². The van der Waals surface area contributed by atoms with Gasteiger partial charge >= 0.3 is 0 Å². The summed E-state index contributed by atoms with van der Waals surface area (Å²) in [6.45, 7) is 8.04. The summed E-state index contributed by atoms with van der Waals surface area (Å²) in [5, 5.41) is 26.0. The molecule has 20 heavy (non-hydrogen) atoms. The van der Waals surface area contributed by atoms with Crippen molar-refractivity contribution >= 4 is 11.5 Å². The van der Waals surface area contributed by atoms with Gasteiger partial charge in [-0.25, -0.2) is 0 Å². The average molecular weight is 276 g/mol. The molecule has 1 aliphatic heterocycles. The molecule has 7 heteroatoms. The van der Waals surface area contributed by atoms with Crippen molar-refractivity contribution in [1.29, 1.82) is 0 Å². The summed E-state index contributed by atoms with van der Waals surface area (Å²) in [4.78, 5) is 2.09. The monoisotopic (exact) mass is 276 g/mol. The Morgan fingerprint density at radius 3 is 2.80 bits per heavy atom. The molecule has 0 aliphatic carbocycles. The topological polar surface area (TPSA) is 79.4 Å². The number of aliphatic hydroxyl groups excluding tert-OH is 1. The average Bonchev–Trinajstić information content (AvgIpc) is 2.84. The van der Waals surface area contributed by atoms with Crippen molar-refractivity contribution in [3.63, 3.8) is 0 Å². The molecule has 2 aromatic rings. The van der Waals surface area contributed by atoms with Gasteiger partial charge in [0, 0.05) is 13.1 Å². The molecular formula is C13H20N6O. The lowest BCUT2D eigenvalue weighted by Crippen LogP contribution is -2.48. The van der Waals surface area contributed by atoms with E-state index >= 15 is 0 Å². The Morgan fingerprint density at radius 2 is 2.10 bits per heavy atom. The van der Waals surface area contributed by atoms with E-state index in [1.165, 1.54) is 4.63 Å². The first kappa shape index (κ1) is 13.2. The van der Waals surface area contributed by atoms with Gasteiger partial charge in [0.15, 0.2) is 11.5 Å². The number of fused-ring (bicyclic) bond motifs is 1. The maximum atomic E-state index is 10.4. The largest absolute Gasteiger partial charge is 0.391 e. The fourth-order valence-electron chi connectivity index (χ4n) is 2.96. The maximum Gasteiger partial charge on any atom is 0.200 e. The zero-order chi connectivity index (χ0) is 14.3. The quantitative estimate of drug-likeness (QED) is 0.828. The first-order chi connectivity index (χ1) is 9.45. The molecule has 0 radical (unpaired) electrons. The third kappa shape index (κ3) is 2.33. The molecule has 0 saturated carbocycles. The minimum absolute atomic E-state index is 0.124. The van der Waals surface area contributed by atoms with E-state index in [9.17, 15) is 5.11 Å². The number of aromatic nitrogens is 5. The van der Waals surface area contributed by atoms with Crippen molar-refractivity contribution in [2.75, 3.05) is 18.0 Å². The van der Waals surface area contributed by atoms with E-state index in [4.69, 9.17) is 0 Å². The summed E-state index contributed by atoms with van der Waals surface area (Å²) in [6, 6.07) is 3.74. The van der Waals surface area contributed by atoms with Crippen molar-refractivity contribution < 1.29 is 5.11 Å². The van der Waals surface area contributed by atoms with E-state index in [0.717, 1.165) is 18.8 Å². The lowest BCUT2D eigenvalue weighted by molar-refractivity contribution is 0.0291. The maximum absolute atomic E-state index is 10.4. The Balaban J connectivity index is 1.79. The van der Waals surface area contributed by atoms with Gasteiger partial charge in [-0.1, -0.05) is 20.8 Å². The first-order valence-corrected chi connectivity index (χ1v) is 6.93. The highest BCUT2D eigenvalue weighted by Gasteiger charge is 2.36. The predicted molar refractivity (Wildman–Crippen MR) is 74.4 cm³/mol. The van der Waals surface area contributed by atoms with Crippen LogP contribution in [-0.4, -0.2) is 49.6 Å². The lowest BCUT2D eigenvalue weighted by Gasteiger charge is -2.42. The summed E-state index contributed by atoms with van der Waals surface area (Å²) in [5.74, 6) is 1.12. The van der Waals surface area contributed by atoms with Crippen LogP contribution in [0.2, 0.25) is 0 Å². The van der Waals surface area contributed by atoms with Gasteiger partial charge in [0.05, 0.1) is 6.10 Å². The second kappa shape index (κ2) is 4.66. The van der Waals surface area contributed by atoms with Gasteiger partial charge in [0.1, 0.15) is 0 Å². The summed E-state index contributed by atoms with van der Waals surface area (Å²) in [5.41, 5.74) is 0.748. The number of nitrogens with zero attached hydrogens (tertiary/aromatic N) is 6. The molecule has 0 spiro atoms. The van der Waals surface area contributed by atoms with Crippen LogP contribution in [0.1, 0.15) is 27.2 Å². The predicted octanol–water partition coefficient (Wildman–Crippen LogP) is 0.753. The molecule has 0 unspecified atom stereocenters. The normalized spacial score (nSPS) is 24.3. The van der Waals surface area contributed by atoms with E-state index in [1.807, 2.05) is 12.1 Å². The highest BCUT2D eigenvalue weighted by molar-refractivity contribution is 5.44. The van der Waals surface area contributed by atoms with Gasteiger partial charge < -0.3 is 10.0 Å². The van der Waals surface area contributed by atoms with Gasteiger partial charge in [0.25, 0.3) is 0 Å². The van der Waals surface area contributed by atoms with Gasteiger partial charge in [-0.3, -0.25) is 0 Å². The van der Waals surface area contributed by atoms with E-state index in [0.29, 0.717) is 18.1 Å². The zero-order valence-corrected chi connectivity index (χ0v) is 12.1. The molecule has 2 atom stereocenters. The fraction of sp³-hybridized carbons (Fsp3) is 0.692. The summed E-state index contributed by atoms with van der Waals surface area (Å²) < 4.78 is 1.41. The number of aliphatic hydroxyl groups is 1. The first-order valence-electron chi connectivity index (χ1n) is 6.93. The molecule has 7 nitrogen and oxygen atoms in total. The van der Waals surface area contributed by atoms with Crippen LogP contribution in [0.4, 0.5) is 5.82 Å². The van der Waals surface area contributed by atoms with Crippen LogP contribution in [0.15, 0.2) is 12.1 Å². The number of rotatable bonds is 1. The number of tetrazole rings is 1. The Bertz CT molecular complexity index is 604. The number of β-amino-alcohol motifs (C(OH)–C–C–N with tert-alkyl or cyclic N) is 1. The third-order valence-electron chi connectivity index (χ3n) is 4.07. The Morgan fingerprint density at radius 1 is 1.30 bits per heavy atom. The van der Waals surface area contributed by atoms with Crippen LogP contribution in [0.5, 0.6) is 0 Å². The second-order valence-corrected chi connectivity index (χ2v) is 6.49. The molecule has 2 aromatic heterocycles. The van der Waals surface area contributed by atoms with Crippen LogP contribution < -0.4 is 4.90 Å². The van der Waals surface area contributed by atoms with Crippen molar-refractivity contribution in [2.45, 2.75) is 33.3 Å². The second-order valence-electron chi connectivity index (χ2n) is 6.49. The zero-order valence-electron chi connectivity index (χ0n) is 12.1. The molecule has 1 aliphatic rings. The molecule has 3 rings (SSSR count). The van der Waals surface area contributed by atoms with Crippen molar-refractivity contribution in [3.05, 3.63) is 12.1 Å². The van der Waals surface area contributed by atoms with Gasteiger partial charge in [-0.15, -0.1) is 14.8 Å². The highest BCUT2D eigenvalue weighted by Crippen LogP contribution is 2.35. The third-order valence-corrected chi connectivity index (χ3v) is 4.07. The number of piperidine rings is 1. The number of anilines is 1.